The predicted octanol–water partition coefficient (Wildman–Crippen LogP) is 6.24. The summed E-state index contributed by atoms with van der Waals surface area (Å²) in [5, 5.41) is 3.89. The van der Waals surface area contributed by atoms with Crippen LogP contribution in [0.1, 0.15) is 11.1 Å². The fourth-order valence-corrected chi connectivity index (χ4v) is 4.79. The van der Waals surface area contributed by atoms with Crippen molar-refractivity contribution in [1.82, 2.24) is 4.90 Å². The predicted molar refractivity (Wildman–Crippen MR) is 126 cm³/mol. The Morgan fingerprint density at radius 2 is 1.52 bits per heavy atom. The van der Waals surface area contributed by atoms with E-state index in [0.29, 0.717) is 10.7 Å². The molecule has 4 aromatic carbocycles. The first kappa shape index (κ1) is 19.4. The van der Waals surface area contributed by atoms with Gasteiger partial charge in [-0.2, -0.15) is 0 Å². The van der Waals surface area contributed by atoms with E-state index < -0.39 is 0 Å². The molecule has 4 nitrogen and oxygen atoms in total. The molecule has 0 aliphatic carbocycles. The van der Waals surface area contributed by atoms with Gasteiger partial charge in [-0.25, -0.2) is 0 Å². The summed E-state index contributed by atoms with van der Waals surface area (Å²) in [6, 6.07) is 25.7. The molecule has 0 N–H and O–H groups in total. The van der Waals surface area contributed by atoms with E-state index in [0.717, 1.165) is 44.4 Å². The molecule has 31 heavy (non-hydrogen) atoms. The molecule has 1 fully saturated rings. The van der Waals surface area contributed by atoms with E-state index in [9.17, 15) is 9.59 Å². The summed E-state index contributed by atoms with van der Waals surface area (Å²) in [7, 11) is 1.60. The Labute approximate surface area is 184 Å². The summed E-state index contributed by atoms with van der Waals surface area (Å²) >= 11 is 0.972. The van der Waals surface area contributed by atoms with Crippen molar-refractivity contribution >= 4 is 50.5 Å². The van der Waals surface area contributed by atoms with Crippen molar-refractivity contribution in [1.29, 1.82) is 0 Å². The normalized spacial score (nSPS) is 15.4. The third-order valence-corrected chi connectivity index (χ3v) is 6.42. The largest absolute Gasteiger partial charge is 0.496 e. The van der Waals surface area contributed by atoms with Crippen LogP contribution < -0.4 is 4.74 Å². The maximum atomic E-state index is 13.2. The molecule has 1 heterocycles. The molecule has 0 aromatic heterocycles. The number of ether oxygens (including phenoxy) is 1. The molecule has 1 aliphatic heterocycles. The topological polar surface area (TPSA) is 46.6 Å². The molecular weight excluding hydrogens is 406 g/mol. The lowest BCUT2D eigenvalue weighted by Crippen LogP contribution is -2.27. The van der Waals surface area contributed by atoms with Gasteiger partial charge in [0.2, 0.25) is 0 Å². The van der Waals surface area contributed by atoms with Gasteiger partial charge in [0.1, 0.15) is 5.75 Å². The number of amides is 2. The van der Waals surface area contributed by atoms with E-state index in [2.05, 4.69) is 0 Å². The van der Waals surface area contributed by atoms with Gasteiger partial charge in [-0.05, 0) is 51.0 Å². The van der Waals surface area contributed by atoms with Crippen LogP contribution in [0.3, 0.4) is 0 Å². The number of carbonyl (C=O) groups is 2. The molecule has 1 saturated heterocycles. The molecule has 2 amide bonds. The van der Waals surface area contributed by atoms with Crippen LogP contribution in [-0.2, 0) is 11.3 Å². The van der Waals surface area contributed by atoms with Gasteiger partial charge >= 0.3 is 0 Å². The monoisotopic (exact) mass is 425 g/mol. The van der Waals surface area contributed by atoms with E-state index >= 15 is 0 Å². The Morgan fingerprint density at radius 3 is 2.29 bits per heavy atom. The summed E-state index contributed by atoms with van der Waals surface area (Å²) in [5.41, 5.74) is 1.75. The standard InChI is InChI=1S/C26H19NO3S/c1-30-23-14-13-18-8-3-5-12-21(18)22(23)15-24-25(28)27(26(29)31-24)16-19-10-6-9-17-7-2-4-11-20(17)19/h2-15H,16H2,1H3/b24-15-. The average Bonchev–Trinajstić information content (AvgIpc) is 3.07. The van der Waals surface area contributed by atoms with Gasteiger partial charge < -0.3 is 4.74 Å². The van der Waals surface area contributed by atoms with Crippen LogP contribution in [0.4, 0.5) is 4.79 Å². The molecule has 5 rings (SSSR count). The number of thioether (sulfide) groups is 1. The van der Waals surface area contributed by atoms with Gasteiger partial charge in [-0.15, -0.1) is 0 Å². The Bertz CT molecular complexity index is 1370. The van der Waals surface area contributed by atoms with E-state index in [1.807, 2.05) is 78.9 Å². The molecule has 152 valence electrons. The molecule has 1 aliphatic rings. The van der Waals surface area contributed by atoms with Gasteiger partial charge in [0.25, 0.3) is 11.1 Å². The summed E-state index contributed by atoms with van der Waals surface area (Å²) in [4.78, 5) is 27.6. The molecule has 5 heteroatoms. The highest BCUT2D eigenvalue weighted by molar-refractivity contribution is 8.18. The van der Waals surface area contributed by atoms with Crippen molar-refractivity contribution in [2.45, 2.75) is 6.54 Å². The number of hydrogen-bond donors (Lipinski definition) is 0. The maximum absolute atomic E-state index is 13.2. The zero-order valence-corrected chi connectivity index (χ0v) is 17.7. The number of methoxy groups -OCH3 is 1. The third kappa shape index (κ3) is 3.47. The van der Waals surface area contributed by atoms with Gasteiger partial charge in [0, 0.05) is 5.56 Å². The van der Waals surface area contributed by atoms with Crippen LogP contribution in [0.2, 0.25) is 0 Å². The van der Waals surface area contributed by atoms with Crippen molar-refractivity contribution in [3.8, 4) is 5.75 Å². The highest BCUT2D eigenvalue weighted by Gasteiger charge is 2.35. The van der Waals surface area contributed by atoms with Crippen LogP contribution in [0.5, 0.6) is 5.75 Å². The van der Waals surface area contributed by atoms with E-state index in [1.165, 1.54) is 4.90 Å². The molecule has 0 saturated carbocycles. The molecule has 4 aromatic rings. The first-order valence-electron chi connectivity index (χ1n) is 9.93. The fourth-order valence-electron chi connectivity index (χ4n) is 3.97. The Balaban J connectivity index is 1.53. The van der Waals surface area contributed by atoms with E-state index in [-0.39, 0.29) is 17.7 Å². The van der Waals surface area contributed by atoms with Crippen LogP contribution >= 0.6 is 11.8 Å². The number of fused-ring (bicyclic) bond motifs is 2. The summed E-state index contributed by atoms with van der Waals surface area (Å²) in [6.45, 7) is 0.246. The van der Waals surface area contributed by atoms with Gasteiger partial charge in [-0.1, -0.05) is 72.8 Å². The first-order chi connectivity index (χ1) is 15.2. The lowest BCUT2D eigenvalue weighted by atomic mass is 10.0. The number of benzene rings is 4. The summed E-state index contributed by atoms with van der Waals surface area (Å²) in [6.07, 6.45) is 1.77. The van der Waals surface area contributed by atoms with Crippen LogP contribution in [-0.4, -0.2) is 23.2 Å². The number of hydrogen-bond acceptors (Lipinski definition) is 4. The average molecular weight is 426 g/mol. The minimum atomic E-state index is -0.280. The van der Waals surface area contributed by atoms with Gasteiger partial charge in [0.05, 0.1) is 18.6 Å². The fraction of sp³-hybridized carbons (Fsp3) is 0.0769. The second-order valence-corrected chi connectivity index (χ2v) is 8.30. The molecule has 0 atom stereocenters. The number of imide groups is 1. The Kier molecular flexibility index (Phi) is 4.96. The van der Waals surface area contributed by atoms with Crippen molar-refractivity contribution in [3.63, 3.8) is 0 Å². The van der Waals surface area contributed by atoms with Crippen molar-refractivity contribution in [2.24, 2.45) is 0 Å². The third-order valence-electron chi connectivity index (χ3n) is 5.51. The summed E-state index contributed by atoms with van der Waals surface area (Å²) in [5.74, 6) is 0.387. The second-order valence-electron chi connectivity index (χ2n) is 7.31. The zero-order valence-electron chi connectivity index (χ0n) is 16.9. The second kappa shape index (κ2) is 7.93. The molecule has 0 radical (unpaired) electrons. The van der Waals surface area contributed by atoms with Crippen LogP contribution in [0, 0.1) is 0 Å². The lowest BCUT2D eigenvalue weighted by Gasteiger charge is -2.14. The van der Waals surface area contributed by atoms with Crippen LogP contribution in [0.15, 0.2) is 83.8 Å². The Morgan fingerprint density at radius 1 is 0.839 bits per heavy atom. The maximum Gasteiger partial charge on any atom is 0.293 e. The highest BCUT2D eigenvalue weighted by Crippen LogP contribution is 2.37. The smallest absolute Gasteiger partial charge is 0.293 e. The minimum Gasteiger partial charge on any atom is -0.496 e. The van der Waals surface area contributed by atoms with E-state index in [1.54, 1.807) is 13.2 Å². The minimum absolute atomic E-state index is 0.246. The molecule has 0 spiro atoms. The number of nitrogens with zero attached hydrogens (tertiary/aromatic N) is 1. The molecule has 0 bridgehead atoms. The number of rotatable bonds is 4. The van der Waals surface area contributed by atoms with Gasteiger partial charge in [-0.3, -0.25) is 14.5 Å². The summed E-state index contributed by atoms with van der Waals surface area (Å²) < 4.78 is 5.53. The lowest BCUT2D eigenvalue weighted by molar-refractivity contribution is -0.123. The van der Waals surface area contributed by atoms with Crippen molar-refractivity contribution < 1.29 is 14.3 Å². The molecular formula is C26H19NO3S. The Hall–Kier alpha value is -3.57. The van der Waals surface area contributed by atoms with E-state index in [4.69, 9.17) is 4.74 Å². The zero-order chi connectivity index (χ0) is 21.4. The first-order valence-corrected chi connectivity index (χ1v) is 10.7. The highest BCUT2D eigenvalue weighted by atomic mass is 32.2. The van der Waals surface area contributed by atoms with Crippen LogP contribution in [0.25, 0.3) is 27.6 Å². The van der Waals surface area contributed by atoms with Crippen molar-refractivity contribution in [2.75, 3.05) is 7.11 Å². The molecule has 0 unspecified atom stereocenters. The quantitative estimate of drug-likeness (QED) is 0.363. The SMILES string of the molecule is COc1ccc2ccccc2c1/C=C1\SC(=O)N(Cc2cccc3ccccc23)C1=O. The van der Waals surface area contributed by atoms with Crippen molar-refractivity contribution in [3.05, 3.63) is 94.9 Å². The number of carbonyl (C=O) groups excluding carboxylic acids is 2. The van der Waals surface area contributed by atoms with Gasteiger partial charge in [0.15, 0.2) is 0 Å².